The Bertz CT molecular complexity index is 586. The zero-order chi connectivity index (χ0) is 18.4. The Labute approximate surface area is 149 Å². The lowest BCUT2D eigenvalue weighted by molar-refractivity contribution is -0.137. The van der Waals surface area contributed by atoms with Gasteiger partial charge in [-0.3, -0.25) is 9.59 Å². The van der Waals surface area contributed by atoms with Crippen molar-refractivity contribution in [1.82, 2.24) is 4.90 Å². The fourth-order valence-corrected chi connectivity index (χ4v) is 3.08. The fraction of sp³-hybridized carbons (Fsp3) is 0.579. The van der Waals surface area contributed by atoms with E-state index >= 15 is 0 Å². The second-order valence-corrected chi connectivity index (χ2v) is 6.77. The second kappa shape index (κ2) is 8.85. The average Bonchev–Trinajstić information content (AvgIpc) is 2.99. The maximum absolute atomic E-state index is 12.9. The van der Waals surface area contributed by atoms with E-state index in [1.807, 2.05) is 29.2 Å². The number of methoxy groups -OCH3 is 2. The van der Waals surface area contributed by atoms with Crippen LogP contribution in [0.4, 0.5) is 5.69 Å². The number of rotatable bonds is 8. The summed E-state index contributed by atoms with van der Waals surface area (Å²) in [6.07, 6.45) is 0.256. The molecule has 0 bridgehead atoms. The van der Waals surface area contributed by atoms with Gasteiger partial charge in [-0.25, -0.2) is 0 Å². The molecule has 0 saturated carbocycles. The number of carbonyl (C=O) groups excluding carboxylic acids is 2. The highest BCUT2D eigenvalue weighted by atomic mass is 16.5. The van der Waals surface area contributed by atoms with Gasteiger partial charge in [-0.2, -0.15) is 0 Å². The first-order valence-electron chi connectivity index (χ1n) is 8.68. The summed E-state index contributed by atoms with van der Waals surface area (Å²) < 4.78 is 10.3. The Morgan fingerprint density at radius 1 is 1.28 bits per heavy atom. The Morgan fingerprint density at radius 2 is 1.96 bits per heavy atom. The molecule has 1 aliphatic rings. The summed E-state index contributed by atoms with van der Waals surface area (Å²) in [5.74, 6) is 0.835. The number of hydrogen-bond donors (Lipinski definition) is 0. The van der Waals surface area contributed by atoms with E-state index in [4.69, 9.17) is 9.47 Å². The monoisotopic (exact) mass is 348 g/mol. The zero-order valence-corrected chi connectivity index (χ0v) is 15.5. The Hall–Kier alpha value is -2.08. The third-order valence-corrected chi connectivity index (χ3v) is 4.32. The topological polar surface area (TPSA) is 59.1 Å². The smallest absolute Gasteiger partial charge is 0.228 e. The van der Waals surface area contributed by atoms with Gasteiger partial charge in [-0.1, -0.05) is 13.8 Å². The molecule has 6 heteroatoms. The van der Waals surface area contributed by atoms with Gasteiger partial charge in [0.05, 0.1) is 19.6 Å². The summed E-state index contributed by atoms with van der Waals surface area (Å²) in [4.78, 5) is 28.8. The van der Waals surface area contributed by atoms with Crippen molar-refractivity contribution in [1.29, 1.82) is 0 Å². The predicted molar refractivity (Wildman–Crippen MR) is 96.7 cm³/mol. The lowest BCUT2D eigenvalue weighted by atomic mass is 10.1. The van der Waals surface area contributed by atoms with Crippen LogP contribution in [-0.2, 0) is 14.3 Å². The molecule has 1 aromatic rings. The molecule has 2 rings (SSSR count). The molecule has 1 fully saturated rings. The molecule has 0 spiro atoms. The van der Waals surface area contributed by atoms with Crippen molar-refractivity contribution in [3.05, 3.63) is 24.3 Å². The summed E-state index contributed by atoms with van der Waals surface area (Å²) in [6, 6.07) is 7.34. The van der Waals surface area contributed by atoms with Crippen LogP contribution in [-0.4, -0.2) is 57.2 Å². The van der Waals surface area contributed by atoms with Crippen LogP contribution in [0.3, 0.4) is 0 Å². The highest BCUT2D eigenvalue weighted by molar-refractivity contribution is 6.00. The molecule has 0 radical (unpaired) electrons. The minimum absolute atomic E-state index is 0.0141. The molecule has 6 nitrogen and oxygen atoms in total. The van der Waals surface area contributed by atoms with Gasteiger partial charge in [-0.05, 0) is 30.2 Å². The van der Waals surface area contributed by atoms with Crippen LogP contribution in [0.15, 0.2) is 24.3 Å². The molecule has 0 aliphatic carbocycles. The maximum Gasteiger partial charge on any atom is 0.228 e. The number of ether oxygens (including phenoxy) is 2. The van der Waals surface area contributed by atoms with Crippen molar-refractivity contribution in [2.75, 3.05) is 45.4 Å². The third kappa shape index (κ3) is 4.95. The molecule has 0 aromatic heterocycles. The predicted octanol–water partition coefficient (Wildman–Crippen LogP) is 2.18. The van der Waals surface area contributed by atoms with Crippen LogP contribution in [0, 0.1) is 11.8 Å². The van der Waals surface area contributed by atoms with Crippen molar-refractivity contribution in [2.24, 2.45) is 11.8 Å². The fourth-order valence-electron chi connectivity index (χ4n) is 3.08. The molecular formula is C19H28N2O4. The quantitative estimate of drug-likeness (QED) is 0.722. The van der Waals surface area contributed by atoms with Crippen LogP contribution in [0.5, 0.6) is 5.75 Å². The van der Waals surface area contributed by atoms with Gasteiger partial charge in [0.15, 0.2) is 0 Å². The van der Waals surface area contributed by atoms with Gasteiger partial charge in [0.25, 0.3) is 0 Å². The summed E-state index contributed by atoms with van der Waals surface area (Å²) in [6.45, 7) is 6.32. The van der Waals surface area contributed by atoms with E-state index in [-0.39, 0.29) is 24.2 Å². The van der Waals surface area contributed by atoms with Crippen LogP contribution in [0.2, 0.25) is 0 Å². The zero-order valence-electron chi connectivity index (χ0n) is 15.5. The minimum atomic E-state index is -0.301. The molecule has 1 aromatic carbocycles. The molecule has 1 unspecified atom stereocenters. The number of amides is 2. The molecule has 138 valence electrons. The Kier molecular flexibility index (Phi) is 6.82. The number of hydrogen-bond acceptors (Lipinski definition) is 4. The van der Waals surface area contributed by atoms with Crippen molar-refractivity contribution < 1.29 is 19.1 Å². The average molecular weight is 348 g/mol. The van der Waals surface area contributed by atoms with E-state index in [0.29, 0.717) is 32.2 Å². The van der Waals surface area contributed by atoms with E-state index in [9.17, 15) is 9.59 Å². The SMILES string of the molecule is COCCN(CC(C)C)C(=O)C1CC(=O)N(c2ccc(OC)cc2)C1. The first-order valence-corrected chi connectivity index (χ1v) is 8.68. The summed E-state index contributed by atoms with van der Waals surface area (Å²) in [7, 11) is 3.23. The van der Waals surface area contributed by atoms with Gasteiger partial charge in [0.1, 0.15) is 5.75 Å². The van der Waals surface area contributed by atoms with Crippen molar-refractivity contribution in [3.63, 3.8) is 0 Å². The van der Waals surface area contributed by atoms with Crippen molar-refractivity contribution >= 4 is 17.5 Å². The molecule has 0 N–H and O–H groups in total. The number of benzene rings is 1. The molecule has 1 heterocycles. The largest absolute Gasteiger partial charge is 0.497 e. The summed E-state index contributed by atoms with van der Waals surface area (Å²) in [5.41, 5.74) is 0.799. The lowest BCUT2D eigenvalue weighted by Crippen LogP contribution is -2.41. The van der Waals surface area contributed by atoms with Gasteiger partial charge in [0.2, 0.25) is 11.8 Å². The molecular weight excluding hydrogens is 320 g/mol. The number of nitrogens with zero attached hydrogens (tertiary/aromatic N) is 2. The summed E-state index contributed by atoms with van der Waals surface area (Å²) >= 11 is 0. The van der Waals surface area contributed by atoms with Crippen LogP contribution >= 0.6 is 0 Å². The normalized spacial score (nSPS) is 17.2. The van der Waals surface area contributed by atoms with Crippen LogP contribution in [0.1, 0.15) is 20.3 Å². The molecule has 1 saturated heterocycles. The lowest BCUT2D eigenvalue weighted by Gasteiger charge is -2.27. The molecule has 2 amide bonds. The standard InChI is InChI=1S/C19H28N2O4/c1-14(2)12-20(9-10-24-3)19(23)15-11-18(22)21(13-15)16-5-7-17(25-4)8-6-16/h5-8,14-15H,9-13H2,1-4H3. The van der Waals surface area contributed by atoms with E-state index in [2.05, 4.69) is 13.8 Å². The second-order valence-electron chi connectivity index (χ2n) is 6.77. The molecule has 25 heavy (non-hydrogen) atoms. The third-order valence-electron chi connectivity index (χ3n) is 4.32. The Morgan fingerprint density at radius 3 is 2.52 bits per heavy atom. The van der Waals surface area contributed by atoms with Crippen LogP contribution < -0.4 is 9.64 Å². The number of carbonyl (C=O) groups is 2. The minimum Gasteiger partial charge on any atom is -0.497 e. The number of anilines is 1. The van der Waals surface area contributed by atoms with E-state index in [0.717, 1.165) is 11.4 Å². The first kappa shape index (κ1) is 19.2. The first-order chi connectivity index (χ1) is 12.0. The highest BCUT2D eigenvalue weighted by Gasteiger charge is 2.37. The van der Waals surface area contributed by atoms with Crippen LogP contribution in [0.25, 0.3) is 0 Å². The Balaban J connectivity index is 2.06. The van der Waals surface area contributed by atoms with E-state index in [1.165, 1.54) is 0 Å². The van der Waals surface area contributed by atoms with Gasteiger partial charge in [-0.15, -0.1) is 0 Å². The van der Waals surface area contributed by atoms with Gasteiger partial charge in [0, 0.05) is 38.9 Å². The molecule has 1 atom stereocenters. The van der Waals surface area contributed by atoms with E-state index < -0.39 is 0 Å². The van der Waals surface area contributed by atoms with Crippen molar-refractivity contribution in [3.8, 4) is 5.75 Å². The maximum atomic E-state index is 12.9. The van der Waals surface area contributed by atoms with E-state index in [1.54, 1.807) is 19.1 Å². The van der Waals surface area contributed by atoms with Gasteiger partial charge < -0.3 is 19.3 Å². The van der Waals surface area contributed by atoms with Crippen molar-refractivity contribution in [2.45, 2.75) is 20.3 Å². The molecule has 1 aliphatic heterocycles. The highest BCUT2D eigenvalue weighted by Crippen LogP contribution is 2.28. The summed E-state index contributed by atoms with van der Waals surface area (Å²) in [5, 5.41) is 0. The van der Waals surface area contributed by atoms with Gasteiger partial charge >= 0.3 is 0 Å².